The van der Waals surface area contributed by atoms with E-state index >= 15 is 0 Å². The average molecular weight is 450 g/mol. The number of rotatable bonds is 7. The van der Waals surface area contributed by atoms with Gasteiger partial charge in [0.25, 0.3) is 5.91 Å². The quantitative estimate of drug-likeness (QED) is 0.604. The van der Waals surface area contributed by atoms with Crippen molar-refractivity contribution in [1.29, 1.82) is 0 Å². The second-order valence-corrected chi connectivity index (χ2v) is 8.42. The zero-order chi connectivity index (χ0) is 23.2. The highest BCUT2D eigenvalue weighted by molar-refractivity contribution is 6.05. The molecule has 0 radical (unpaired) electrons. The van der Waals surface area contributed by atoms with Gasteiger partial charge < -0.3 is 9.47 Å². The molecule has 0 aliphatic carbocycles. The number of para-hydroxylation sites is 1. The molecule has 174 valence electrons. The number of nitrogens with zero attached hydrogens (tertiary/aromatic N) is 3. The number of carbonyl (C=O) groups is 2. The Morgan fingerprint density at radius 2 is 1.73 bits per heavy atom. The Hall–Kier alpha value is -3.19. The first kappa shape index (κ1) is 23.0. The summed E-state index contributed by atoms with van der Waals surface area (Å²) >= 11 is 0. The van der Waals surface area contributed by atoms with E-state index in [4.69, 9.17) is 14.6 Å². The third-order valence-electron chi connectivity index (χ3n) is 6.33. The van der Waals surface area contributed by atoms with Crippen molar-refractivity contribution in [3.8, 4) is 5.75 Å². The lowest BCUT2D eigenvalue weighted by atomic mass is 9.96. The Labute approximate surface area is 195 Å². The molecule has 1 saturated heterocycles. The number of amides is 1. The molecule has 0 bridgehead atoms. The van der Waals surface area contributed by atoms with Gasteiger partial charge in [-0.05, 0) is 50.6 Å². The van der Waals surface area contributed by atoms with Crippen LogP contribution in [0.15, 0.2) is 59.7 Å². The zero-order valence-corrected chi connectivity index (χ0v) is 19.3. The van der Waals surface area contributed by atoms with Crippen LogP contribution in [-0.2, 0) is 14.3 Å². The summed E-state index contributed by atoms with van der Waals surface area (Å²) in [5.41, 5.74) is 2.81. The van der Waals surface area contributed by atoms with Gasteiger partial charge in [-0.15, -0.1) is 0 Å². The Morgan fingerprint density at radius 3 is 2.42 bits per heavy atom. The van der Waals surface area contributed by atoms with Crippen LogP contribution in [-0.4, -0.2) is 60.8 Å². The van der Waals surface area contributed by atoms with Crippen LogP contribution in [0.5, 0.6) is 5.75 Å². The number of esters is 1. The molecule has 2 heterocycles. The Balaban J connectivity index is 1.50. The fourth-order valence-corrected chi connectivity index (χ4v) is 4.57. The van der Waals surface area contributed by atoms with E-state index in [0.717, 1.165) is 22.6 Å². The molecule has 1 amide bonds. The van der Waals surface area contributed by atoms with Crippen LogP contribution in [0.1, 0.15) is 43.4 Å². The molecule has 1 fully saturated rings. The van der Waals surface area contributed by atoms with Gasteiger partial charge in [-0.25, -0.2) is 5.01 Å². The third-order valence-corrected chi connectivity index (χ3v) is 6.33. The number of hydrazone groups is 1. The first-order chi connectivity index (χ1) is 16.1. The largest absolute Gasteiger partial charge is 0.496 e. The lowest BCUT2D eigenvalue weighted by Crippen LogP contribution is -2.43. The standard InChI is InChI=1S/C26H31N3O4/c1-3-33-26(31)20-13-15-28(16-14-20)18-25(30)29-23(19-9-5-4-6-10-19)17-22(27-29)21-11-7-8-12-24(21)32-2/h4-12,20,23H,3,13-18H2,1-2H3. The summed E-state index contributed by atoms with van der Waals surface area (Å²) in [4.78, 5) is 27.5. The smallest absolute Gasteiger partial charge is 0.309 e. The summed E-state index contributed by atoms with van der Waals surface area (Å²) in [6.07, 6.45) is 2.05. The van der Waals surface area contributed by atoms with Gasteiger partial charge in [0.05, 0.1) is 37.9 Å². The van der Waals surface area contributed by atoms with E-state index in [1.165, 1.54) is 0 Å². The lowest BCUT2D eigenvalue weighted by Gasteiger charge is -2.31. The predicted octanol–water partition coefficient (Wildman–Crippen LogP) is 3.65. The van der Waals surface area contributed by atoms with Crippen molar-refractivity contribution in [1.82, 2.24) is 9.91 Å². The second-order valence-electron chi connectivity index (χ2n) is 8.42. The van der Waals surface area contributed by atoms with E-state index in [9.17, 15) is 9.59 Å². The number of hydrogen-bond acceptors (Lipinski definition) is 6. The van der Waals surface area contributed by atoms with Gasteiger partial charge in [0.15, 0.2) is 0 Å². The molecule has 33 heavy (non-hydrogen) atoms. The van der Waals surface area contributed by atoms with Crippen molar-refractivity contribution in [3.05, 3.63) is 65.7 Å². The van der Waals surface area contributed by atoms with Crippen molar-refractivity contribution >= 4 is 17.6 Å². The van der Waals surface area contributed by atoms with Crippen molar-refractivity contribution < 1.29 is 19.1 Å². The van der Waals surface area contributed by atoms with Gasteiger partial charge in [-0.1, -0.05) is 42.5 Å². The maximum atomic E-state index is 13.4. The molecule has 2 aromatic rings. The van der Waals surface area contributed by atoms with E-state index in [1.807, 2.05) is 61.5 Å². The Morgan fingerprint density at radius 1 is 1.03 bits per heavy atom. The molecule has 4 rings (SSSR count). The summed E-state index contributed by atoms with van der Waals surface area (Å²) < 4.78 is 10.7. The molecule has 2 aromatic carbocycles. The molecular weight excluding hydrogens is 418 g/mol. The summed E-state index contributed by atoms with van der Waals surface area (Å²) in [7, 11) is 1.64. The molecule has 7 nitrogen and oxygen atoms in total. The first-order valence-corrected chi connectivity index (χ1v) is 11.6. The summed E-state index contributed by atoms with van der Waals surface area (Å²) in [6.45, 7) is 3.90. The van der Waals surface area contributed by atoms with Gasteiger partial charge in [0, 0.05) is 12.0 Å². The van der Waals surface area contributed by atoms with Crippen LogP contribution in [0.4, 0.5) is 0 Å². The number of methoxy groups -OCH3 is 1. The van der Waals surface area contributed by atoms with Crippen LogP contribution in [0.2, 0.25) is 0 Å². The minimum atomic E-state index is -0.157. The van der Waals surface area contributed by atoms with E-state index < -0.39 is 0 Å². The fraction of sp³-hybridized carbons (Fsp3) is 0.423. The molecule has 1 atom stereocenters. The van der Waals surface area contributed by atoms with E-state index in [-0.39, 0.29) is 30.4 Å². The highest BCUT2D eigenvalue weighted by atomic mass is 16.5. The van der Waals surface area contributed by atoms with Crippen LogP contribution < -0.4 is 4.74 Å². The Kier molecular flexibility index (Phi) is 7.40. The zero-order valence-electron chi connectivity index (χ0n) is 19.3. The summed E-state index contributed by atoms with van der Waals surface area (Å²) in [6, 6.07) is 17.6. The van der Waals surface area contributed by atoms with Crippen LogP contribution >= 0.6 is 0 Å². The van der Waals surface area contributed by atoms with Gasteiger partial charge >= 0.3 is 5.97 Å². The predicted molar refractivity (Wildman–Crippen MR) is 126 cm³/mol. The van der Waals surface area contributed by atoms with Gasteiger partial charge in [0.1, 0.15) is 5.75 Å². The molecule has 2 aliphatic heterocycles. The van der Waals surface area contributed by atoms with Crippen molar-refractivity contribution in [3.63, 3.8) is 0 Å². The minimum absolute atomic E-state index is 0.0386. The minimum Gasteiger partial charge on any atom is -0.496 e. The highest BCUT2D eigenvalue weighted by Crippen LogP contribution is 2.35. The molecule has 0 aromatic heterocycles. The average Bonchev–Trinajstić information content (AvgIpc) is 3.31. The number of piperidine rings is 1. The first-order valence-electron chi connectivity index (χ1n) is 11.6. The number of hydrogen-bond donors (Lipinski definition) is 0. The monoisotopic (exact) mass is 449 g/mol. The molecule has 0 saturated carbocycles. The number of carbonyl (C=O) groups excluding carboxylic acids is 2. The number of benzene rings is 2. The molecule has 2 aliphatic rings. The van der Waals surface area contributed by atoms with Crippen molar-refractivity contribution in [2.45, 2.75) is 32.2 Å². The van der Waals surface area contributed by atoms with E-state index in [1.54, 1.807) is 12.1 Å². The van der Waals surface area contributed by atoms with Crippen LogP contribution in [0.25, 0.3) is 0 Å². The summed E-state index contributed by atoms with van der Waals surface area (Å²) in [5.74, 6) is 0.510. The van der Waals surface area contributed by atoms with Crippen LogP contribution in [0.3, 0.4) is 0 Å². The van der Waals surface area contributed by atoms with E-state index in [0.29, 0.717) is 39.0 Å². The fourth-order valence-electron chi connectivity index (χ4n) is 4.57. The molecule has 7 heteroatoms. The van der Waals surface area contributed by atoms with Gasteiger partial charge in [-0.2, -0.15) is 5.10 Å². The molecule has 0 N–H and O–H groups in total. The lowest BCUT2D eigenvalue weighted by molar-refractivity contribution is -0.149. The normalized spacial score (nSPS) is 19.3. The van der Waals surface area contributed by atoms with Gasteiger partial charge in [0.2, 0.25) is 0 Å². The molecular formula is C26H31N3O4. The molecule has 1 unspecified atom stereocenters. The molecule has 0 spiro atoms. The number of likely N-dealkylation sites (tertiary alicyclic amines) is 1. The van der Waals surface area contributed by atoms with E-state index in [2.05, 4.69) is 4.90 Å². The Bertz CT molecular complexity index is 1000. The number of ether oxygens (including phenoxy) is 2. The SMILES string of the molecule is CCOC(=O)C1CCN(CC(=O)N2N=C(c3ccccc3OC)CC2c2ccccc2)CC1. The summed E-state index contributed by atoms with van der Waals surface area (Å²) in [5, 5.41) is 6.41. The third kappa shape index (κ3) is 5.25. The van der Waals surface area contributed by atoms with Crippen molar-refractivity contribution in [2.24, 2.45) is 11.0 Å². The second kappa shape index (κ2) is 10.6. The maximum absolute atomic E-state index is 13.4. The maximum Gasteiger partial charge on any atom is 0.309 e. The van der Waals surface area contributed by atoms with Crippen LogP contribution in [0, 0.1) is 5.92 Å². The topological polar surface area (TPSA) is 71.4 Å². The highest BCUT2D eigenvalue weighted by Gasteiger charge is 2.35. The van der Waals surface area contributed by atoms with Gasteiger partial charge in [-0.3, -0.25) is 14.5 Å². The van der Waals surface area contributed by atoms with Crippen molar-refractivity contribution in [2.75, 3.05) is 33.4 Å².